The lowest BCUT2D eigenvalue weighted by Gasteiger charge is -2.05. The lowest BCUT2D eigenvalue weighted by molar-refractivity contribution is 0.367. The Balaban J connectivity index is 1.91. The van der Waals surface area contributed by atoms with E-state index in [1.807, 2.05) is 30.3 Å². The summed E-state index contributed by atoms with van der Waals surface area (Å²) in [6.07, 6.45) is 1.66. The second kappa shape index (κ2) is 5.18. The maximum absolute atomic E-state index is 6.11. The molecular formula is C14H13N5O. The van der Waals surface area contributed by atoms with Crippen LogP contribution < -0.4 is 5.73 Å². The maximum atomic E-state index is 6.11. The van der Waals surface area contributed by atoms with Crippen LogP contribution >= 0.6 is 0 Å². The Bertz CT molecular complexity index is 710. The highest BCUT2D eigenvalue weighted by molar-refractivity contribution is 5.47. The molecular weight excluding hydrogens is 254 g/mol. The van der Waals surface area contributed by atoms with Crippen molar-refractivity contribution in [2.24, 2.45) is 5.73 Å². The topological polar surface area (TPSA) is 90.7 Å². The normalized spacial score (nSPS) is 12.3. The molecule has 6 nitrogen and oxygen atoms in total. The van der Waals surface area contributed by atoms with Gasteiger partial charge in [-0.3, -0.25) is 0 Å². The van der Waals surface area contributed by atoms with Gasteiger partial charge in [0.25, 0.3) is 0 Å². The standard InChI is InChI=1S/C14H13N5O/c1-9-16-8-7-11(17-9)13-18-14(20-19-13)12(15)10-5-3-2-4-6-10/h2-8,12H,15H2,1H3. The van der Waals surface area contributed by atoms with Gasteiger partial charge < -0.3 is 10.3 Å². The Labute approximate surface area is 115 Å². The molecule has 0 radical (unpaired) electrons. The highest BCUT2D eigenvalue weighted by Gasteiger charge is 2.17. The van der Waals surface area contributed by atoms with Crippen LogP contribution in [0.15, 0.2) is 47.1 Å². The number of benzene rings is 1. The number of aryl methyl sites for hydroxylation is 1. The monoisotopic (exact) mass is 267 g/mol. The fraction of sp³-hybridized carbons (Fsp3) is 0.143. The van der Waals surface area contributed by atoms with Gasteiger partial charge in [0.15, 0.2) is 0 Å². The number of hydrogen-bond donors (Lipinski definition) is 1. The highest BCUT2D eigenvalue weighted by Crippen LogP contribution is 2.20. The van der Waals surface area contributed by atoms with E-state index in [-0.39, 0.29) is 0 Å². The van der Waals surface area contributed by atoms with Crippen molar-refractivity contribution in [1.82, 2.24) is 20.1 Å². The first-order chi connectivity index (χ1) is 9.74. The zero-order valence-corrected chi connectivity index (χ0v) is 10.9. The van der Waals surface area contributed by atoms with Crippen molar-refractivity contribution in [1.29, 1.82) is 0 Å². The number of aromatic nitrogens is 4. The molecule has 1 atom stereocenters. The molecule has 0 fully saturated rings. The summed E-state index contributed by atoms with van der Waals surface area (Å²) < 4.78 is 5.23. The first-order valence-corrected chi connectivity index (χ1v) is 6.18. The number of nitrogens with zero attached hydrogens (tertiary/aromatic N) is 4. The number of rotatable bonds is 3. The Morgan fingerprint density at radius 2 is 1.90 bits per heavy atom. The van der Waals surface area contributed by atoms with E-state index in [2.05, 4.69) is 20.1 Å². The Morgan fingerprint density at radius 1 is 1.10 bits per heavy atom. The van der Waals surface area contributed by atoms with Crippen LogP contribution in [0.5, 0.6) is 0 Å². The Morgan fingerprint density at radius 3 is 2.65 bits per heavy atom. The third kappa shape index (κ3) is 2.41. The highest BCUT2D eigenvalue weighted by atomic mass is 16.5. The average molecular weight is 267 g/mol. The first-order valence-electron chi connectivity index (χ1n) is 6.18. The van der Waals surface area contributed by atoms with Crippen molar-refractivity contribution in [3.63, 3.8) is 0 Å². The fourth-order valence-corrected chi connectivity index (χ4v) is 1.85. The van der Waals surface area contributed by atoms with Crippen molar-refractivity contribution in [2.45, 2.75) is 13.0 Å². The molecule has 2 aromatic heterocycles. The van der Waals surface area contributed by atoms with Gasteiger partial charge in [-0.15, -0.1) is 0 Å². The SMILES string of the molecule is Cc1nccc(-c2noc(C(N)c3ccccc3)n2)n1. The van der Waals surface area contributed by atoms with Gasteiger partial charge in [0.2, 0.25) is 11.7 Å². The van der Waals surface area contributed by atoms with Crippen LogP contribution in [0.25, 0.3) is 11.5 Å². The molecule has 0 aliphatic heterocycles. The zero-order valence-electron chi connectivity index (χ0n) is 10.9. The van der Waals surface area contributed by atoms with Crippen molar-refractivity contribution in [2.75, 3.05) is 0 Å². The molecule has 1 unspecified atom stereocenters. The predicted octanol–water partition coefficient (Wildman–Crippen LogP) is 1.88. The summed E-state index contributed by atoms with van der Waals surface area (Å²) in [6, 6.07) is 10.9. The molecule has 0 saturated carbocycles. The molecule has 0 aliphatic carbocycles. The lowest BCUT2D eigenvalue weighted by atomic mass is 10.1. The van der Waals surface area contributed by atoms with E-state index in [0.29, 0.717) is 23.2 Å². The Hall–Kier alpha value is -2.60. The van der Waals surface area contributed by atoms with Crippen LogP contribution in [0.4, 0.5) is 0 Å². The van der Waals surface area contributed by atoms with E-state index >= 15 is 0 Å². The van der Waals surface area contributed by atoms with Crippen molar-refractivity contribution < 1.29 is 4.52 Å². The van der Waals surface area contributed by atoms with Gasteiger partial charge in [0, 0.05) is 6.20 Å². The van der Waals surface area contributed by atoms with Gasteiger partial charge in [-0.25, -0.2) is 9.97 Å². The molecule has 3 rings (SSSR count). The maximum Gasteiger partial charge on any atom is 0.248 e. The third-order valence-electron chi connectivity index (χ3n) is 2.87. The minimum atomic E-state index is -0.444. The summed E-state index contributed by atoms with van der Waals surface area (Å²) in [7, 11) is 0. The van der Waals surface area contributed by atoms with Gasteiger partial charge in [-0.2, -0.15) is 4.98 Å². The summed E-state index contributed by atoms with van der Waals surface area (Å²) in [4.78, 5) is 12.6. The summed E-state index contributed by atoms with van der Waals surface area (Å²) in [6.45, 7) is 1.81. The second-order valence-electron chi connectivity index (χ2n) is 4.33. The smallest absolute Gasteiger partial charge is 0.248 e. The predicted molar refractivity (Wildman–Crippen MR) is 72.5 cm³/mol. The van der Waals surface area contributed by atoms with Crippen molar-refractivity contribution in [3.05, 3.63) is 59.9 Å². The molecule has 20 heavy (non-hydrogen) atoms. The molecule has 2 N–H and O–H groups in total. The summed E-state index contributed by atoms with van der Waals surface area (Å²) in [5, 5.41) is 3.92. The summed E-state index contributed by atoms with van der Waals surface area (Å²) in [5.41, 5.74) is 7.65. The van der Waals surface area contributed by atoms with Crippen LogP contribution in [-0.2, 0) is 0 Å². The van der Waals surface area contributed by atoms with Gasteiger partial charge >= 0.3 is 0 Å². The van der Waals surface area contributed by atoms with Crippen LogP contribution in [0.2, 0.25) is 0 Å². The van der Waals surface area contributed by atoms with E-state index in [1.54, 1.807) is 19.2 Å². The molecule has 0 aliphatic rings. The molecule has 3 aromatic rings. The first kappa shape index (κ1) is 12.4. The molecule has 0 saturated heterocycles. The Kier molecular flexibility index (Phi) is 3.22. The summed E-state index contributed by atoms with van der Waals surface area (Å²) >= 11 is 0. The van der Waals surface area contributed by atoms with Gasteiger partial charge in [0.05, 0.1) is 0 Å². The molecule has 6 heteroatoms. The number of nitrogens with two attached hydrogens (primary N) is 1. The second-order valence-corrected chi connectivity index (χ2v) is 4.33. The van der Waals surface area contributed by atoms with E-state index in [0.717, 1.165) is 5.56 Å². The third-order valence-corrected chi connectivity index (χ3v) is 2.87. The van der Waals surface area contributed by atoms with Crippen LogP contribution in [0.1, 0.15) is 23.3 Å². The van der Waals surface area contributed by atoms with Crippen LogP contribution in [-0.4, -0.2) is 20.1 Å². The molecule has 0 amide bonds. The largest absolute Gasteiger partial charge is 0.337 e. The minimum absolute atomic E-state index is 0.363. The average Bonchev–Trinajstić information content (AvgIpc) is 2.97. The van der Waals surface area contributed by atoms with Gasteiger partial charge in [-0.05, 0) is 18.6 Å². The summed E-state index contributed by atoms with van der Waals surface area (Å²) in [5.74, 6) is 1.43. The zero-order chi connectivity index (χ0) is 13.9. The van der Waals surface area contributed by atoms with Crippen molar-refractivity contribution in [3.8, 4) is 11.5 Å². The number of hydrogen-bond acceptors (Lipinski definition) is 6. The quantitative estimate of drug-likeness (QED) is 0.779. The van der Waals surface area contributed by atoms with Crippen LogP contribution in [0, 0.1) is 6.92 Å². The van der Waals surface area contributed by atoms with E-state index < -0.39 is 6.04 Å². The minimum Gasteiger partial charge on any atom is -0.337 e. The van der Waals surface area contributed by atoms with E-state index in [1.165, 1.54) is 0 Å². The van der Waals surface area contributed by atoms with Gasteiger partial charge in [0.1, 0.15) is 17.6 Å². The fourth-order valence-electron chi connectivity index (χ4n) is 1.85. The van der Waals surface area contributed by atoms with Crippen LogP contribution in [0.3, 0.4) is 0 Å². The lowest BCUT2D eigenvalue weighted by Crippen LogP contribution is -2.12. The molecule has 0 bridgehead atoms. The van der Waals surface area contributed by atoms with Crippen molar-refractivity contribution >= 4 is 0 Å². The molecule has 1 aromatic carbocycles. The van der Waals surface area contributed by atoms with E-state index in [9.17, 15) is 0 Å². The molecule has 0 spiro atoms. The van der Waals surface area contributed by atoms with E-state index in [4.69, 9.17) is 10.3 Å². The van der Waals surface area contributed by atoms with Gasteiger partial charge in [-0.1, -0.05) is 35.5 Å². The molecule has 100 valence electrons. The molecule has 2 heterocycles.